The summed E-state index contributed by atoms with van der Waals surface area (Å²) in [6.45, 7) is 3.59. The fourth-order valence-corrected chi connectivity index (χ4v) is 2.66. The van der Waals surface area contributed by atoms with Crippen molar-refractivity contribution in [1.29, 1.82) is 0 Å². The normalized spacial score (nSPS) is 13.1. The lowest BCUT2D eigenvalue weighted by Gasteiger charge is -2.16. The molecule has 1 atom stereocenters. The number of aryl methyl sites for hydroxylation is 1. The number of hydrogen-bond acceptors (Lipinski definition) is 4. The third-order valence-electron chi connectivity index (χ3n) is 3.25. The molecular formula is C14H20BrN3O2. The number of likely N-dealkylation sites (N-methyl/N-ethyl adjacent to an activating group) is 1. The predicted molar refractivity (Wildman–Crippen MR) is 80.6 cm³/mol. The monoisotopic (exact) mass is 341 g/mol. The molecule has 20 heavy (non-hydrogen) atoms. The number of aromatic nitrogens is 2. The quantitative estimate of drug-likeness (QED) is 0.876. The van der Waals surface area contributed by atoms with Crippen molar-refractivity contribution in [2.45, 2.75) is 26.0 Å². The maximum Gasteiger partial charge on any atom is 0.125 e. The predicted octanol–water partition coefficient (Wildman–Crippen LogP) is 2.44. The molecule has 0 spiro atoms. The SMILES string of the molecule is CCc1occc1C(O)c1c(Br)cnn1CCN(C)C. The van der Waals surface area contributed by atoms with Gasteiger partial charge in [-0.1, -0.05) is 6.92 Å². The lowest BCUT2D eigenvalue weighted by molar-refractivity contribution is 0.202. The maximum atomic E-state index is 10.6. The van der Waals surface area contributed by atoms with Crippen molar-refractivity contribution >= 4 is 15.9 Å². The van der Waals surface area contributed by atoms with E-state index in [0.717, 1.165) is 41.0 Å². The van der Waals surface area contributed by atoms with Crippen LogP contribution in [0.4, 0.5) is 0 Å². The highest BCUT2D eigenvalue weighted by Crippen LogP contribution is 2.31. The van der Waals surface area contributed by atoms with Crippen LogP contribution in [-0.2, 0) is 13.0 Å². The molecule has 0 aliphatic heterocycles. The average Bonchev–Trinajstić information content (AvgIpc) is 3.01. The molecule has 110 valence electrons. The molecule has 0 saturated carbocycles. The van der Waals surface area contributed by atoms with Gasteiger partial charge in [-0.25, -0.2) is 0 Å². The zero-order valence-corrected chi connectivity index (χ0v) is 13.6. The van der Waals surface area contributed by atoms with Gasteiger partial charge in [0.25, 0.3) is 0 Å². The molecule has 0 amide bonds. The van der Waals surface area contributed by atoms with Crippen LogP contribution in [0.2, 0.25) is 0 Å². The first-order chi connectivity index (χ1) is 9.54. The molecule has 6 heteroatoms. The lowest BCUT2D eigenvalue weighted by Crippen LogP contribution is -2.21. The fraction of sp³-hybridized carbons (Fsp3) is 0.500. The first kappa shape index (κ1) is 15.3. The average molecular weight is 342 g/mol. The highest BCUT2D eigenvalue weighted by molar-refractivity contribution is 9.10. The van der Waals surface area contributed by atoms with Gasteiger partial charge in [0.2, 0.25) is 0 Å². The summed E-state index contributed by atoms with van der Waals surface area (Å²) >= 11 is 3.47. The summed E-state index contributed by atoms with van der Waals surface area (Å²) in [4.78, 5) is 2.08. The summed E-state index contributed by atoms with van der Waals surface area (Å²) in [5.74, 6) is 0.810. The van der Waals surface area contributed by atoms with Gasteiger partial charge < -0.3 is 14.4 Å². The Hall–Kier alpha value is -1.11. The summed E-state index contributed by atoms with van der Waals surface area (Å²) in [6, 6.07) is 1.82. The fourth-order valence-electron chi connectivity index (χ4n) is 2.15. The van der Waals surface area contributed by atoms with Gasteiger partial charge in [0.05, 0.1) is 29.2 Å². The van der Waals surface area contributed by atoms with Crippen LogP contribution in [0.5, 0.6) is 0 Å². The molecule has 0 aromatic carbocycles. The van der Waals surface area contributed by atoms with Crippen LogP contribution >= 0.6 is 15.9 Å². The van der Waals surface area contributed by atoms with Gasteiger partial charge >= 0.3 is 0 Å². The van der Waals surface area contributed by atoms with Crippen molar-refractivity contribution in [3.63, 3.8) is 0 Å². The van der Waals surface area contributed by atoms with Crippen molar-refractivity contribution in [2.24, 2.45) is 0 Å². The Kier molecular flexibility index (Phi) is 5.01. The molecule has 2 aromatic heterocycles. The number of nitrogens with zero attached hydrogens (tertiary/aromatic N) is 3. The molecule has 2 heterocycles. The van der Waals surface area contributed by atoms with Crippen LogP contribution in [0.25, 0.3) is 0 Å². The molecule has 5 nitrogen and oxygen atoms in total. The van der Waals surface area contributed by atoms with Crippen molar-refractivity contribution in [1.82, 2.24) is 14.7 Å². The van der Waals surface area contributed by atoms with Gasteiger partial charge in [-0.3, -0.25) is 4.68 Å². The van der Waals surface area contributed by atoms with Crippen molar-refractivity contribution < 1.29 is 9.52 Å². The molecule has 2 aromatic rings. The van der Waals surface area contributed by atoms with E-state index in [1.807, 2.05) is 31.8 Å². The molecule has 0 aliphatic rings. The minimum absolute atomic E-state index is 0.726. The van der Waals surface area contributed by atoms with E-state index in [0.29, 0.717) is 0 Å². The topological polar surface area (TPSA) is 54.4 Å². The summed E-state index contributed by atoms with van der Waals surface area (Å²) in [7, 11) is 4.03. The van der Waals surface area contributed by atoms with E-state index in [4.69, 9.17) is 4.42 Å². The molecule has 1 unspecified atom stereocenters. The Labute approximate surface area is 127 Å². The van der Waals surface area contributed by atoms with E-state index >= 15 is 0 Å². The molecule has 0 fully saturated rings. The Balaban J connectivity index is 2.29. The van der Waals surface area contributed by atoms with E-state index < -0.39 is 6.10 Å². The van der Waals surface area contributed by atoms with E-state index in [-0.39, 0.29) is 0 Å². The summed E-state index contributed by atoms with van der Waals surface area (Å²) in [6.07, 6.45) is 3.36. The van der Waals surface area contributed by atoms with E-state index in [1.165, 1.54) is 0 Å². The van der Waals surface area contributed by atoms with Crippen LogP contribution in [0.1, 0.15) is 30.0 Å². The molecule has 0 radical (unpaired) electrons. The van der Waals surface area contributed by atoms with Crippen molar-refractivity contribution in [3.05, 3.63) is 40.0 Å². The molecule has 0 aliphatic carbocycles. The largest absolute Gasteiger partial charge is 0.469 e. The zero-order valence-electron chi connectivity index (χ0n) is 12.0. The van der Waals surface area contributed by atoms with Gasteiger partial charge in [0.15, 0.2) is 0 Å². The van der Waals surface area contributed by atoms with Crippen molar-refractivity contribution in [2.75, 3.05) is 20.6 Å². The van der Waals surface area contributed by atoms with Gasteiger partial charge in [-0.2, -0.15) is 5.10 Å². The summed E-state index contributed by atoms with van der Waals surface area (Å²) < 4.78 is 8.04. The third kappa shape index (κ3) is 3.13. The number of aliphatic hydroxyl groups excluding tert-OH is 1. The van der Waals surface area contributed by atoms with Crippen LogP contribution in [0, 0.1) is 0 Å². The minimum Gasteiger partial charge on any atom is -0.469 e. The molecule has 0 bridgehead atoms. The summed E-state index contributed by atoms with van der Waals surface area (Å²) in [5.41, 5.74) is 1.57. The first-order valence-electron chi connectivity index (χ1n) is 6.64. The number of furan rings is 1. The lowest BCUT2D eigenvalue weighted by atomic mass is 10.1. The maximum absolute atomic E-state index is 10.6. The Morgan fingerprint density at radius 3 is 2.90 bits per heavy atom. The van der Waals surface area contributed by atoms with Crippen molar-refractivity contribution in [3.8, 4) is 0 Å². The Bertz CT molecular complexity index is 563. The summed E-state index contributed by atoms with van der Waals surface area (Å²) in [5, 5.41) is 15.0. The second-order valence-corrected chi connectivity index (χ2v) is 5.81. The van der Waals surface area contributed by atoms with Gasteiger partial charge in [0.1, 0.15) is 11.9 Å². The van der Waals surface area contributed by atoms with E-state index in [9.17, 15) is 5.11 Å². The Morgan fingerprint density at radius 2 is 2.25 bits per heavy atom. The molecule has 1 N–H and O–H groups in total. The van der Waals surface area contributed by atoms with Crippen LogP contribution in [0.3, 0.4) is 0 Å². The second-order valence-electron chi connectivity index (χ2n) is 4.96. The zero-order chi connectivity index (χ0) is 14.7. The molecule has 2 rings (SSSR count). The number of aliphatic hydroxyl groups is 1. The molecular weight excluding hydrogens is 322 g/mol. The van der Waals surface area contributed by atoms with Crippen LogP contribution in [-0.4, -0.2) is 40.4 Å². The van der Waals surface area contributed by atoms with Gasteiger partial charge in [-0.05, 0) is 36.1 Å². The second kappa shape index (κ2) is 6.56. The van der Waals surface area contributed by atoms with Gasteiger partial charge in [-0.15, -0.1) is 0 Å². The van der Waals surface area contributed by atoms with E-state index in [1.54, 1.807) is 12.5 Å². The number of halogens is 1. The van der Waals surface area contributed by atoms with Gasteiger partial charge in [0, 0.05) is 18.5 Å². The number of hydrogen-bond donors (Lipinski definition) is 1. The Morgan fingerprint density at radius 1 is 1.50 bits per heavy atom. The highest BCUT2D eigenvalue weighted by Gasteiger charge is 2.23. The van der Waals surface area contributed by atoms with E-state index in [2.05, 4.69) is 25.9 Å². The smallest absolute Gasteiger partial charge is 0.125 e. The minimum atomic E-state index is -0.734. The standard InChI is InChI=1S/C14H20BrN3O2/c1-4-12-10(5-8-20-12)14(19)13-11(15)9-16-18(13)7-6-17(2)3/h5,8-9,14,19H,4,6-7H2,1-3H3. The number of rotatable bonds is 6. The van der Waals surface area contributed by atoms with Crippen LogP contribution in [0.15, 0.2) is 27.4 Å². The third-order valence-corrected chi connectivity index (χ3v) is 3.86. The first-order valence-corrected chi connectivity index (χ1v) is 7.44. The molecule has 0 saturated heterocycles. The van der Waals surface area contributed by atoms with Crippen LogP contribution < -0.4 is 0 Å². The highest BCUT2D eigenvalue weighted by atomic mass is 79.9.